The van der Waals surface area contributed by atoms with Crippen LogP contribution in [0.2, 0.25) is 0 Å². The number of hydrogen-bond donors (Lipinski definition) is 3. The number of carboxylic acid groups (broad SMARTS) is 1. The molecule has 152 valence electrons. The van der Waals surface area contributed by atoms with Crippen LogP contribution in [0.25, 0.3) is 22.6 Å². The smallest absolute Gasteiger partial charge is 0.349 e. The molecular formula is C20H23N5O4. The Morgan fingerprint density at radius 3 is 2.76 bits per heavy atom. The Balaban J connectivity index is 1.74. The average molecular weight is 397 g/mol. The second-order valence-corrected chi connectivity index (χ2v) is 7.67. The molecule has 0 radical (unpaired) electrons. The summed E-state index contributed by atoms with van der Waals surface area (Å²) in [6, 6.07) is 3.80. The minimum atomic E-state index is -0.775. The highest BCUT2D eigenvalue weighted by atomic mass is 16.4. The van der Waals surface area contributed by atoms with E-state index in [1.807, 2.05) is 30.5 Å². The highest BCUT2D eigenvalue weighted by Crippen LogP contribution is 2.26. The molecule has 2 atom stereocenters. The molecule has 1 aromatic carbocycles. The Hall–Kier alpha value is -3.07. The molecular weight excluding hydrogens is 374 g/mol. The molecule has 1 saturated carbocycles. The van der Waals surface area contributed by atoms with Gasteiger partial charge in [-0.2, -0.15) is 4.98 Å². The fraction of sp³-hybridized carbons (Fsp3) is 0.450. The number of aromatic nitrogens is 4. The molecule has 0 aromatic heterocycles. The van der Waals surface area contributed by atoms with E-state index in [0.717, 1.165) is 29.5 Å². The van der Waals surface area contributed by atoms with Crippen molar-refractivity contribution >= 4 is 17.0 Å². The lowest BCUT2D eigenvalue weighted by molar-refractivity contribution is -0.142. The fourth-order valence-corrected chi connectivity index (χ4v) is 4.14. The molecule has 3 aliphatic rings. The van der Waals surface area contributed by atoms with E-state index in [4.69, 9.17) is 0 Å². The van der Waals surface area contributed by atoms with Gasteiger partial charge in [-0.3, -0.25) is 14.6 Å². The lowest BCUT2D eigenvalue weighted by atomic mass is 10.0. The van der Waals surface area contributed by atoms with Crippen LogP contribution in [-0.2, 0) is 11.3 Å². The Labute approximate surface area is 166 Å². The van der Waals surface area contributed by atoms with E-state index in [1.54, 1.807) is 0 Å². The average Bonchev–Trinajstić information content (AvgIpc) is 3.12. The highest BCUT2D eigenvalue weighted by molar-refractivity contribution is 5.81. The van der Waals surface area contributed by atoms with Gasteiger partial charge in [0.2, 0.25) is 0 Å². The number of H-pyrrole nitrogens is 1. The molecule has 9 nitrogen and oxygen atoms in total. The minimum Gasteiger partial charge on any atom is -0.481 e. The van der Waals surface area contributed by atoms with Gasteiger partial charge in [-0.15, -0.1) is 0 Å². The zero-order chi connectivity index (χ0) is 20.7. The van der Waals surface area contributed by atoms with Crippen LogP contribution < -0.4 is 16.6 Å². The molecule has 2 heterocycles. The number of aryl methyl sites for hydroxylation is 2. The standard InChI is InChI=1S/C20H23N5O4/c1-10-8-14-15(9-11(10)2)25(17-16(22-14)18(26)24-20(29)23-17)7-6-21-13-5-3-4-12(13)19(27)28/h8-9,12-13,21H,3-7H2,1-2H3,(H,27,28)(H,24,26,29). The van der Waals surface area contributed by atoms with Gasteiger partial charge in [0.15, 0.2) is 11.5 Å². The van der Waals surface area contributed by atoms with E-state index in [2.05, 4.69) is 20.3 Å². The summed E-state index contributed by atoms with van der Waals surface area (Å²) in [5, 5.41) is 12.7. The van der Waals surface area contributed by atoms with Crippen LogP contribution in [0.1, 0.15) is 30.4 Å². The zero-order valence-electron chi connectivity index (χ0n) is 16.4. The van der Waals surface area contributed by atoms with Gasteiger partial charge in [0.05, 0.1) is 17.0 Å². The van der Waals surface area contributed by atoms with Gasteiger partial charge in [-0.05, 0) is 49.9 Å². The Kier molecular flexibility index (Phi) is 4.91. The highest BCUT2D eigenvalue weighted by Gasteiger charge is 2.32. The topological polar surface area (TPSA) is 130 Å². The fourth-order valence-electron chi connectivity index (χ4n) is 4.14. The summed E-state index contributed by atoms with van der Waals surface area (Å²) in [6.07, 6.45) is 2.38. The van der Waals surface area contributed by atoms with Crippen LogP contribution in [0.5, 0.6) is 0 Å². The first-order valence-electron chi connectivity index (χ1n) is 9.73. The number of nitrogens with one attached hydrogen (secondary N) is 2. The van der Waals surface area contributed by atoms with Crippen molar-refractivity contribution < 1.29 is 9.90 Å². The number of fused-ring (bicyclic) bond motifs is 2. The van der Waals surface area contributed by atoms with E-state index in [1.165, 1.54) is 0 Å². The first kappa shape index (κ1) is 19.3. The first-order valence-corrected chi connectivity index (χ1v) is 9.73. The van der Waals surface area contributed by atoms with E-state index in [-0.39, 0.29) is 23.5 Å². The van der Waals surface area contributed by atoms with E-state index in [9.17, 15) is 19.5 Å². The monoisotopic (exact) mass is 397 g/mol. The van der Waals surface area contributed by atoms with Crippen LogP contribution >= 0.6 is 0 Å². The van der Waals surface area contributed by atoms with Crippen molar-refractivity contribution in [1.29, 1.82) is 0 Å². The predicted octanol–water partition coefficient (Wildman–Crippen LogP) is 1.04. The van der Waals surface area contributed by atoms with Crippen molar-refractivity contribution in [2.45, 2.75) is 45.7 Å². The SMILES string of the molecule is Cc1cc2nc3c(=O)[nH]c(=O)nc-3n(CCNC3CCCC3C(=O)O)c2cc1C. The van der Waals surface area contributed by atoms with Crippen LogP contribution in [0.4, 0.5) is 0 Å². The molecule has 9 heteroatoms. The molecule has 1 fully saturated rings. The largest absolute Gasteiger partial charge is 0.481 e. The summed E-state index contributed by atoms with van der Waals surface area (Å²) in [4.78, 5) is 46.1. The Morgan fingerprint density at radius 1 is 1.24 bits per heavy atom. The van der Waals surface area contributed by atoms with Crippen molar-refractivity contribution in [3.8, 4) is 11.5 Å². The van der Waals surface area contributed by atoms with Crippen molar-refractivity contribution in [2.75, 3.05) is 6.54 Å². The second-order valence-electron chi connectivity index (χ2n) is 7.67. The summed E-state index contributed by atoms with van der Waals surface area (Å²) in [5.74, 6) is -0.926. The summed E-state index contributed by atoms with van der Waals surface area (Å²) in [6.45, 7) is 4.88. The molecule has 2 unspecified atom stereocenters. The van der Waals surface area contributed by atoms with Crippen molar-refractivity contribution in [1.82, 2.24) is 24.8 Å². The molecule has 29 heavy (non-hydrogen) atoms. The number of aromatic amines is 1. The third-order valence-corrected chi connectivity index (χ3v) is 5.80. The molecule has 4 rings (SSSR count). The predicted molar refractivity (Wildman–Crippen MR) is 107 cm³/mol. The first-order chi connectivity index (χ1) is 13.8. The lowest BCUT2D eigenvalue weighted by Crippen LogP contribution is -2.38. The lowest BCUT2D eigenvalue weighted by Gasteiger charge is -2.21. The molecule has 1 aliphatic carbocycles. The van der Waals surface area contributed by atoms with Crippen LogP contribution in [0, 0.1) is 19.8 Å². The summed E-state index contributed by atoms with van der Waals surface area (Å²) in [5.41, 5.74) is 2.38. The zero-order valence-corrected chi connectivity index (χ0v) is 16.4. The van der Waals surface area contributed by atoms with Gasteiger partial charge in [-0.1, -0.05) is 6.42 Å². The van der Waals surface area contributed by atoms with E-state index < -0.39 is 17.2 Å². The molecule has 0 saturated heterocycles. The third-order valence-electron chi connectivity index (χ3n) is 5.80. The molecule has 0 amide bonds. The van der Waals surface area contributed by atoms with Crippen molar-refractivity contribution in [2.24, 2.45) is 5.92 Å². The molecule has 1 aromatic rings. The maximum atomic E-state index is 12.3. The van der Waals surface area contributed by atoms with Gasteiger partial charge >= 0.3 is 11.7 Å². The van der Waals surface area contributed by atoms with Gasteiger partial charge in [0, 0.05) is 19.1 Å². The molecule has 3 N–H and O–H groups in total. The van der Waals surface area contributed by atoms with Gasteiger partial charge < -0.3 is 15.0 Å². The Morgan fingerprint density at radius 2 is 2.00 bits per heavy atom. The number of benzene rings is 1. The maximum Gasteiger partial charge on any atom is 0.349 e. The van der Waals surface area contributed by atoms with Gasteiger partial charge in [0.1, 0.15) is 0 Å². The quantitative estimate of drug-likeness (QED) is 0.549. The molecule has 2 aliphatic heterocycles. The van der Waals surface area contributed by atoms with E-state index in [0.29, 0.717) is 25.0 Å². The molecule has 0 bridgehead atoms. The van der Waals surface area contributed by atoms with Crippen molar-refractivity contribution in [3.63, 3.8) is 0 Å². The second kappa shape index (κ2) is 7.40. The van der Waals surface area contributed by atoms with E-state index >= 15 is 0 Å². The Bertz CT molecular complexity index is 1180. The van der Waals surface area contributed by atoms with Gasteiger partial charge in [-0.25, -0.2) is 9.78 Å². The number of carboxylic acids is 1. The summed E-state index contributed by atoms with van der Waals surface area (Å²) in [7, 11) is 0. The summed E-state index contributed by atoms with van der Waals surface area (Å²) >= 11 is 0. The van der Waals surface area contributed by atoms with Crippen LogP contribution in [0.3, 0.4) is 0 Å². The van der Waals surface area contributed by atoms with Crippen molar-refractivity contribution in [3.05, 3.63) is 44.1 Å². The number of aliphatic carboxylic acids is 1. The van der Waals surface area contributed by atoms with Crippen LogP contribution in [-0.4, -0.2) is 43.2 Å². The molecule has 0 spiro atoms. The summed E-state index contributed by atoms with van der Waals surface area (Å²) < 4.78 is 1.82. The minimum absolute atomic E-state index is 0.0807. The van der Waals surface area contributed by atoms with Gasteiger partial charge in [0.25, 0.3) is 5.56 Å². The number of nitrogens with zero attached hydrogens (tertiary/aromatic N) is 3. The number of rotatable bonds is 5. The maximum absolute atomic E-state index is 12.3. The van der Waals surface area contributed by atoms with Crippen LogP contribution in [0.15, 0.2) is 21.7 Å². The number of carbonyl (C=O) groups is 1. The third kappa shape index (κ3) is 3.53. The number of hydrogen-bond acceptors (Lipinski definition) is 6. The normalized spacial score (nSPS) is 19.2.